The molecule has 2 aromatic carbocycles. The van der Waals surface area contributed by atoms with Crippen LogP contribution in [0.25, 0.3) is 10.9 Å². The van der Waals surface area contributed by atoms with E-state index in [1.165, 1.54) is 16.5 Å². The molecule has 0 fully saturated rings. The van der Waals surface area contributed by atoms with Crippen LogP contribution < -0.4 is 5.32 Å². The van der Waals surface area contributed by atoms with Gasteiger partial charge in [0.25, 0.3) is 0 Å². The van der Waals surface area contributed by atoms with Crippen LogP contribution >= 0.6 is 27.5 Å². The molecule has 4 heteroatoms. The summed E-state index contributed by atoms with van der Waals surface area (Å²) in [6.07, 6.45) is 2.12. The average Bonchev–Trinajstić information content (AvgIpc) is 2.85. The second-order valence-corrected chi connectivity index (χ2v) is 6.43. The van der Waals surface area contributed by atoms with E-state index in [0.29, 0.717) is 0 Å². The smallest absolute Gasteiger partial charge is 0.0490 e. The minimum absolute atomic E-state index is 0.776. The molecule has 0 spiro atoms. The quantitative estimate of drug-likeness (QED) is 0.703. The minimum Gasteiger partial charge on any atom is -0.343 e. The fourth-order valence-corrected chi connectivity index (χ4v) is 3.25. The first-order chi connectivity index (χ1) is 10.2. The van der Waals surface area contributed by atoms with Crippen LogP contribution in [0.15, 0.2) is 53.1 Å². The highest BCUT2D eigenvalue weighted by molar-refractivity contribution is 9.10. The van der Waals surface area contributed by atoms with E-state index < -0.39 is 0 Å². The highest BCUT2D eigenvalue weighted by Gasteiger charge is 2.06. The molecular weight excluding hydrogens is 348 g/mol. The van der Waals surface area contributed by atoms with Crippen molar-refractivity contribution in [1.29, 1.82) is 0 Å². The van der Waals surface area contributed by atoms with Crippen LogP contribution in [-0.4, -0.2) is 11.6 Å². The number of hydrogen-bond acceptors (Lipinski definition) is 1. The average molecular weight is 364 g/mol. The van der Waals surface area contributed by atoms with Gasteiger partial charge in [0.1, 0.15) is 0 Å². The van der Waals surface area contributed by atoms with Gasteiger partial charge in [0.15, 0.2) is 0 Å². The third-order valence-corrected chi connectivity index (χ3v) is 4.42. The van der Waals surface area contributed by atoms with E-state index in [9.17, 15) is 0 Å². The molecule has 0 aliphatic heterocycles. The number of hydrogen-bond donors (Lipinski definition) is 1. The van der Waals surface area contributed by atoms with Gasteiger partial charge in [0.2, 0.25) is 0 Å². The first-order valence-corrected chi connectivity index (χ1v) is 8.01. The number of benzene rings is 2. The van der Waals surface area contributed by atoms with Gasteiger partial charge in [-0.1, -0.05) is 45.7 Å². The van der Waals surface area contributed by atoms with Crippen molar-refractivity contribution in [3.63, 3.8) is 0 Å². The first kappa shape index (κ1) is 14.6. The molecule has 1 N–H and O–H groups in total. The molecule has 0 aliphatic rings. The van der Waals surface area contributed by atoms with Crippen LogP contribution in [0.3, 0.4) is 0 Å². The lowest BCUT2D eigenvalue weighted by Crippen LogP contribution is -2.05. The van der Waals surface area contributed by atoms with Gasteiger partial charge in [0, 0.05) is 34.3 Å². The summed E-state index contributed by atoms with van der Waals surface area (Å²) < 4.78 is 3.24. The molecule has 0 atom stereocenters. The van der Waals surface area contributed by atoms with Crippen LogP contribution in [0.4, 0.5) is 0 Å². The summed E-state index contributed by atoms with van der Waals surface area (Å²) in [5, 5.41) is 5.23. The van der Waals surface area contributed by atoms with Crippen molar-refractivity contribution in [3.8, 4) is 0 Å². The van der Waals surface area contributed by atoms with Gasteiger partial charge in [-0.15, -0.1) is 0 Å². The molecule has 0 saturated heterocycles. The molecule has 3 aromatic rings. The molecule has 108 valence electrons. The Bertz CT molecular complexity index is 780. The Labute approximate surface area is 137 Å². The SMILES string of the molecule is CNCc1ccc2ccn(Cc3ccc(Br)cc3Cl)c2c1. The number of halogens is 2. The third kappa shape index (κ3) is 3.15. The van der Waals surface area contributed by atoms with Crippen molar-refractivity contribution in [3.05, 3.63) is 69.3 Å². The second kappa shape index (κ2) is 6.22. The molecule has 0 bridgehead atoms. The molecule has 21 heavy (non-hydrogen) atoms. The van der Waals surface area contributed by atoms with Gasteiger partial charge in [-0.2, -0.15) is 0 Å². The molecule has 1 heterocycles. The van der Waals surface area contributed by atoms with E-state index in [4.69, 9.17) is 11.6 Å². The van der Waals surface area contributed by atoms with Crippen molar-refractivity contribution in [2.24, 2.45) is 0 Å². The van der Waals surface area contributed by atoms with Crippen molar-refractivity contribution >= 4 is 38.4 Å². The lowest BCUT2D eigenvalue weighted by Gasteiger charge is -2.09. The van der Waals surface area contributed by atoms with Crippen LogP contribution in [0, 0.1) is 0 Å². The summed E-state index contributed by atoms with van der Waals surface area (Å²) in [6, 6.07) is 14.7. The normalized spacial score (nSPS) is 11.2. The Morgan fingerprint density at radius 3 is 2.76 bits per heavy atom. The maximum absolute atomic E-state index is 6.33. The standard InChI is InChI=1S/C17H16BrClN2/c1-20-10-12-2-3-13-6-7-21(17(13)8-12)11-14-4-5-15(18)9-16(14)19/h2-9,20H,10-11H2,1H3. The van der Waals surface area contributed by atoms with Gasteiger partial charge < -0.3 is 9.88 Å². The van der Waals surface area contributed by atoms with Gasteiger partial charge >= 0.3 is 0 Å². The van der Waals surface area contributed by atoms with Crippen molar-refractivity contribution < 1.29 is 0 Å². The summed E-state index contributed by atoms with van der Waals surface area (Å²) in [5.41, 5.74) is 3.64. The number of fused-ring (bicyclic) bond motifs is 1. The summed E-state index contributed by atoms with van der Waals surface area (Å²) in [5.74, 6) is 0. The van der Waals surface area contributed by atoms with E-state index in [1.807, 2.05) is 19.2 Å². The van der Waals surface area contributed by atoms with E-state index >= 15 is 0 Å². The van der Waals surface area contributed by atoms with E-state index in [1.54, 1.807) is 0 Å². The number of aromatic nitrogens is 1. The molecule has 0 unspecified atom stereocenters. The molecular formula is C17H16BrClN2. The summed E-state index contributed by atoms with van der Waals surface area (Å²) in [7, 11) is 1.96. The fraction of sp³-hybridized carbons (Fsp3) is 0.176. The van der Waals surface area contributed by atoms with E-state index in [-0.39, 0.29) is 0 Å². The molecule has 0 saturated carbocycles. The topological polar surface area (TPSA) is 17.0 Å². The maximum atomic E-state index is 6.33. The van der Waals surface area contributed by atoms with Gasteiger partial charge in [-0.3, -0.25) is 0 Å². The third-order valence-electron chi connectivity index (χ3n) is 3.58. The van der Waals surface area contributed by atoms with E-state index in [2.05, 4.69) is 62.3 Å². The predicted octanol–water partition coefficient (Wildman–Crippen LogP) is 4.82. The van der Waals surface area contributed by atoms with Crippen LogP contribution in [-0.2, 0) is 13.1 Å². The zero-order valence-corrected chi connectivity index (χ0v) is 14.1. The first-order valence-electron chi connectivity index (χ1n) is 6.83. The molecule has 0 aliphatic carbocycles. The Kier molecular flexibility index (Phi) is 4.34. The Balaban J connectivity index is 1.98. The van der Waals surface area contributed by atoms with Crippen LogP contribution in [0.2, 0.25) is 5.02 Å². The number of nitrogens with zero attached hydrogens (tertiary/aromatic N) is 1. The largest absolute Gasteiger partial charge is 0.343 e. The number of rotatable bonds is 4. The molecule has 3 rings (SSSR count). The number of nitrogens with one attached hydrogen (secondary N) is 1. The highest BCUT2D eigenvalue weighted by atomic mass is 79.9. The summed E-state index contributed by atoms with van der Waals surface area (Å²) >= 11 is 9.77. The second-order valence-electron chi connectivity index (χ2n) is 5.10. The molecule has 0 radical (unpaired) electrons. The molecule has 0 amide bonds. The molecule has 1 aromatic heterocycles. The fourth-order valence-electron chi connectivity index (χ4n) is 2.51. The zero-order chi connectivity index (χ0) is 14.8. The maximum Gasteiger partial charge on any atom is 0.0490 e. The van der Waals surface area contributed by atoms with Crippen LogP contribution in [0.5, 0.6) is 0 Å². The summed E-state index contributed by atoms with van der Waals surface area (Å²) in [4.78, 5) is 0. The lowest BCUT2D eigenvalue weighted by molar-refractivity contribution is 0.812. The van der Waals surface area contributed by atoms with E-state index in [0.717, 1.165) is 28.1 Å². The highest BCUT2D eigenvalue weighted by Crippen LogP contribution is 2.24. The van der Waals surface area contributed by atoms with Gasteiger partial charge in [0.05, 0.1) is 0 Å². The van der Waals surface area contributed by atoms with Crippen molar-refractivity contribution in [2.75, 3.05) is 7.05 Å². The minimum atomic E-state index is 0.776. The zero-order valence-electron chi connectivity index (χ0n) is 11.7. The summed E-state index contributed by atoms with van der Waals surface area (Å²) in [6.45, 7) is 1.65. The Morgan fingerprint density at radius 1 is 1.14 bits per heavy atom. The molecule has 2 nitrogen and oxygen atoms in total. The Morgan fingerprint density at radius 2 is 2.00 bits per heavy atom. The Hall–Kier alpha value is -1.29. The van der Waals surface area contributed by atoms with Crippen molar-refractivity contribution in [2.45, 2.75) is 13.1 Å². The van der Waals surface area contributed by atoms with Gasteiger partial charge in [-0.05, 0) is 47.8 Å². The predicted molar refractivity (Wildman–Crippen MR) is 93.0 cm³/mol. The van der Waals surface area contributed by atoms with Gasteiger partial charge in [-0.25, -0.2) is 0 Å². The lowest BCUT2D eigenvalue weighted by atomic mass is 10.1. The van der Waals surface area contributed by atoms with Crippen molar-refractivity contribution in [1.82, 2.24) is 9.88 Å². The monoisotopic (exact) mass is 362 g/mol. The van der Waals surface area contributed by atoms with Crippen LogP contribution in [0.1, 0.15) is 11.1 Å².